The van der Waals surface area contributed by atoms with Gasteiger partial charge >= 0.3 is 0 Å². The van der Waals surface area contributed by atoms with Crippen LogP contribution >= 0.6 is 0 Å². The quantitative estimate of drug-likeness (QED) is 0.769. The topological polar surface area (TPSA) is 38.7 Å². The van der Waals surface area contributed by atoms with Gasteiger partial charge in [-0.1, -0.05) is 49.7 Å². The van der Waals surface area contributed by atoms with Crippen LogP contribution < -0.4 is 9.47 Å². The molecular formula is C17H20O3. The summed E-state index contributed by atoms with van der Waals surface area (Å²) in [6.45, 7) is 3.14. The van der Waals surface area contributed by atoms with Gasteiger partial charge in [-0.25, -0.2) is 0 Å². The molecule has 0 atom stereocenters. The van der Waals surface area contributed by atoms with Gasteiger partial charge in [-0.05, 0) is 24.1 Å². The van der Waals surface area contributed by atoms with Crippen LogP contribution in [0.25, 0.3) is 0 Å². The fraction of sp³-hybridized carbons (Fsp3) is 0.294. The van der Waals surface area contributed by atoms with Crippen molar-refractivity contribution < 1.29 is 14.6 Å². The molecule has 0 aliphatic rings. The Bertz CT molecular complexity index is 523. The minimum atomic E-state index is 0.106. The molecule has 0 aliphatic carbocycles. The van der Waals surface area contributed by atoms with E-state index in [1.54, 1.807) is 12.1 Å². The monoisotopic (exact) mass is 272 g/mol. The van der Waals surface area contributed by atoms with Crippen LogP contribution in [0.4, 0.5) is 0 Å². The van der Waals surface area contributed by atoms with Crippen LogP contribution in [0.2, 0.25) is 0 Å². The lowest BCUT2D eigenvalue weighted by atomic mass is 10.2. The van der Waals surface area contributed by atoms with E-state index in [9.17, 15) is 5.11 Å². The zero-order valence-electron chi connectivity index (χ0n) is 11.7. The highest BCUT2D eigenvalue weighted by Gasteiger charge is 2.10. The second kappa shape index (κ2) is 7.43. The molecule has 0 unspecified atom stereocenters. The molecule has 2 aromatic carbocycles. The Morgan fingerprint density at radius 2 is 1.75 bits per heavy atom. The van der Waals surface area contributed by atoms with E-state index >= 15 is 0 Å². The number of para-hydroxylation sites is 1. The molecule has 3 heteroatoms. The van der Waals surface area contributed by atoms with Gasteiger partial charge in [0.1, 0.15) is 6.61 Å². The first-order chi connectivity index (χ1) is 9.81. The fourth-order valence-electron chi connectivity index (χ4n) is 1.82. The van der Waals surface area contributed by atoms with Crippen LogP contribution in [0.15, 0.2) is 48.5 Å². The lowest BCUT2D eigenvalue weighted by Crippen LogP contribution is -2.01. The molecule has 2 aromatic rings. The molecule has 0 saturated carbocycles. The highest BCUT2D eigenvalue weighted by atomic mass is 16.5. The van der Waals surface area contributed by atoms with Crippen LogP contribution in [0.1, 0.15) is 25.3 Å². The number of phenols is 1. The standard InChI is InChI=1S/C17H20O3/c1-2-3-12-19-16-11-7-10-15(18)17(16)20-13-14-8-5-4-6-9-14/h4-11,18H,2-3,12-13H2,1H3. The van der Waals surface area contributed by atoms with E-state index in [0.29, 0.717) is 24.7 Å². The van der Waals surface area contributed by atoms with Crippen molar-refractivity contribution in [2.75, 3.05) is 6.61 Å². The van der Waals surface area contributed by atoms with Crippen molar-refractivity contribution in [3.63, 3.8) is 0 Å². The first kappa shape index (κ1) is 14.3. The van der Waals surface area contributed by atoms with Gasteiger partial charge in [0.15, 0.2) is 11.5 Å². The summed E-state index contributed by atoms with van der Waals surface area (Å²) in [6.07, 6.45) is 2.05. The van der Waals surface area contributed by atoms with E-state index in [2.05, 4.69) is 6.92 Å². The van der Waals surface area contributed by atoms with Gasteiger partial charge < -0.3 is 14.6 Å². The number of benzene rings is 2. The number of phenolic OH excluding ortho intramolecular Hbond substituents is 1. The summed E-state index contributed by atoms with van der Waals surface area (Å²) in [5.74, 6) is 1.11. The van der Waals surface area contributed by atoms with Crippen LogP contribution in [0.5, 0.6) is 17.2 Å². The maximum atomic E-state index is 9.92. The molecule has 20 heavy (non-hydrogen) atoms. The van der Waals surface area contributed by atoms with Gasteiger partial charge in [0, 0.05) is 0 Å². The molecule has 0 aromatic heterocycles. The summed E-state index contributed by atoms with van der Waals surface area (Å²) >= 11 is 0. The van der Waals surface area contributed by atoms with Gasteiger partial charge in [-0.2, -0.15) is 0 Å². The highest BCUT2D eigenvalue weighted by molar-refractivity contribution is 5.50. The Kier molecular flexibility index (Phi) is 5.30. The number of unbranched alkanes of at least 4 members (excludes halogenated alkanes) is 1. The second-order valence-electron chi connectivity index (χ2n) is 4.58. The maximum absolute atomic E-state index is 9.92. The molecule has 1 N–H and O–H groups in total. The van der Waals surface area contributed by atoms with Crippen molar-refractivity contribution in [1.29, 1.82) is 0 Å². The average molecular weight is 272 g/mol. The largest absolute Gasteiger partial charge is 0.504 e. The third-order valence-electron chi connectivity index (χ3n) is 2.94. The lowest BCUT2D eigenvalue weighted by Gasteiger charge is -2.13. The Labute approximate surface area is 119 Å². The van der Waals surface area contributed by atoms with Crippen molar-refractivity contribution in [2.45, 2.75) is 26.4 Å². The Morgan fingerprint density at radius 1 is 0.950 bits per heavy atom. The predicted molar refractivity (Wildman–Crippen MR) is 79.3 cm³/mol. The summed E-state index contributed by atoms with van der Waals surface area (Å²) in [6, 6.07) is 15.0. The zero-order chi connectivity index (χ0) is 14.2. The average Bonchev–Trinajstić information content (AvgIpc) is 2.48. The van der Waals surface area contributed by atoms with E-state index in [-0.39, 0.29) is 5.75 Å². The van der Waals surface area contributed by atoms with Gasteiger partial charge in [-0.15, -0.1) is 0 Å². The Hall–Kier alpha value is -2.16. The minimum Gasteiger partial charge on any atom is -0.504 e. The first-order valence-electron chi connectivity index (χ1n) is 6.92. The molecule has 2 rings (SSSR count). The van der Waals surface area contributed by atoms with E-state index in [4.69, 9.17) is 9.47 Å². The lowest BCUT2D eigenvalue weighted by molar-refractivity contribution is 0.248. The summed E-state index contributed by atoms with van der Waals surface area (Å²) in [5, 5.41) is 9.92. The molecule has 0 heterocycles. The molecule has 0 saturated heterocycles. The Morgan fingerprint density at radius 3 is 2.50 bits per heavy atom. The molecule has 0 amide bonds. The second-order valence-corrected chi connectivity index (χ2v) is 4.58. The maximum Gasteiger partial charge on any atom is 0.203 e. The van der Waals surface area contributed by atoms with Crippen LogP contribution in [-0.2, 0) is 6.61 Å². The third kappa shape index (κ3) is 3.92. The van der Waals surface area contributed by atoms with E-state index in [1.807, 2.05) is 36.4 Å². The molecule has 0 radical (unpaired) electrons. The van der Waals surface area contributed by atoms with Crippen LogP contribution in [0, 0.1) is 0 Å². The van der Waals surface area contributed by atoms with Gasteiger partial charge in [0.05, 0.1) is 6.61 Å². The Balaban J connectivity index is 2.05. The number of aromatic hydroxyl groups is 1. The van der Waals surface area contributed by atoms with E-state index < -0.39 is 0 Å². The summed E-state index contributed by atoms with van der Waals surface area (Å²) < 4.78 is 11.4. The van der Waals surface area contributed by atoms with Crippen molar-refractivity contribution in [3.05, 3.63) is 54.1 Å². The van der Waals surface area contributed by atoms with Crippen LogP contribution in [-0.4, -0.2) is 11.7 Å². The van der Waals surface area contributed by atoms with Gasteiger partial charge in [-0.3, -0.25) is 0 Å². The molecule has 0 bridgehead atoms. The summed E-state index contributed by atoms with van der Waals surface area (Å²) in [4.78, 5) is 0. The molecule has 3 nitrogen and oxygen atoms in total. The van der Waals surface area contributed by atoms with Gasteiger partial charge in [0.25, 0.3) is 0 Å². The van der Waals surface area contributed by atoms with E-state index in [1.165, 1.54) is 0 Å². The smallest absolute Gasteiger partial charge is 0.203 e. The number of ether oxygens (including phenoxy) is 2. The third-order valence-corrected chi connectivity index (χ3v) is 2.94. The normalized spacial score (nSPS) is 10.2. The predicted octanol–water partition coefficient (Wildman–Crippen LogP) is 4.15. The fourth-order valence-corrected chi connectivity index (χ4v) is 1.82. The molecule has 0 aliphatic heterocycles. The van der Waals surface area contributed by atoms with Crippen molar-refractivity contribution in [1.82, 2.24) is 0 Å². The van der Waals surface area contributed by atoms with Crippen LogP contribution in [0.3, 0.4) is 0 Å². The first-order valence-corrected chi connectivity index (χ1v) is 6.92. The molecular weight excluding hydrogens is 252 g/mol. The van der Waals surface area contributed by atoms with Gasteiger partial charge in [0.2, 0.25) is 5.75 Å². The SMILES string of the molecule is CCCCOc1cccc(O)c1OCc1ccccc1. The number of hydrogen-bond donors (Lipinski definition) is 1. The number of rotatable bonds is 7. The highest BCUT2D eigenvalue weighted by Crippen LogP contribution is 2.36. The minimum absolute atomic E-state index is 0.106. The summed E-state index contributed by atoms with van der Waals surface area (Å²) in [7, 11) is 0. The van der Waals surface area contributed by atoms with Crippen molar-refractivity contribution in [3.8, 4) is 17.2 Å². The summed E-state index contributed by atoms with van der Waals surface area (Å²) in [5.41, 5.74) is 1.05. The zero-order valence-corrected chi connectivity index (χ0v) is 11.7. The molecule has 0 spiro atoms. The van der Waals surface area contributed by atoms with E-state index in [0.717, 1.165) is 18.4 Å². The number of hydrogen-bond acceptors (Lipinski definition) is 3. The van der Waals surface area contributed by atoms with Crippen molar-refractivity contribution >= 4 is 0 Å². The molecule has 0 fully saturated rings. The van der Waals surface area contributed by atoms with Crippen molar-refractivity contribution in [2.24, 2.45) is 0 Å². The molecule has 106 valence electrons.